The van der Waals surface area contributed by atoms with Crippen LogP contribution in [0.1, 0.15) is 0 Å². The molecular weight excluding hydrogens is 293 g/mol. The van der Waals surface area contributed by atoms with Crippen molar-refractivity contribution in [1.82, 2.24) is 6.15 Å². The van der Waals surface area contributed by atoms with E-state index in [0.717, 1.165) is 0 Å². The Labute approximate surface area is 95.3 Å². The highest BCUT2D eigenvalue weighted by Gasteiger charge is -0.145. The molecule has 0 aromatic rings. The van der Waals surface area contributed by atoms with Crippen LogP contribution >= 0.6 is 89.1 Å². The van der Waals surface area contributed by atoms with Crippen molar-refractivity contribution in [2.24, 2.45) is 0 Å². The molecule has 0 fully saturated rings. The molecule has 0 bridgehead atoms. The van der Waals surface area contributed by atoms with E-state index in [9.17, 15) is 0 Å². The summed E-state index contributed by atoms with van der Waals surface area (Å²) >= 11 is 0. The molecule has 0 radical (unpaired) electrons. The summed E-state index contributed by atoms with van der Waals surface area (Å²) in [5.41, 5.74) is 0. The van der Waals surface area contributed by atoms with Gasteiger partial charge in [-0.3, -0.25) is 0 Å². The van der Waals surface area contributed by atoms with Crippen LogP contribution < -0.4 is 6.15 Å². The number of rotatable bonds is 0. The monoisotopic (exact) mass is 323 g/mol. The average molecular weight is 323 g/mol. The third-order valence-corrected chi connectivity index (χ3v) is 0. The van der Waals surface area contributed by atoms with E-state index in [2.05, 4.69) is 0 Å². The van der Waals surface area contributed by atoms with Crippen LogP contribution in [0, 0.1) is 0 Å². The van der Waals surface area contributed by atoms with Crippen molar-refractivity contribution in [3.63, 3.8) is 0 Å². The SMILES string of the molecule is N.P.P.P.P.P.P.P.P.P. The van der Waals surface area contributed by atoms with E-state index >= 15 is 0 Å². The van der Waals surface area contributed by atoms with Gasteiger partial charge in [0.15, 0.2) is 0 Å². The van der Waals surface area contributed by atoms with Gasteiger partial charge in [-0.2, -0.15) is 89.1 Å². The highest BCUT2D eigenvalue weighted by atomic mass is 31.0. The zero-order chi connectivity index (χ0) is 0. The Kier molecular flexibility index (Phi) is 1900. The summed E-state index contributed by atoms with van der Waals surface area (Å²) in [6.07, 6.45) is 0. The minimum Gasteiger partial charge on any atom is -0.344 e. The smallest absolute Gasteiger partial charge is 0.153 e. The van der Waals surface area contributed by atoms with Crippen LogP contribution in [-0.2, 0) is 0 Å². The summed E-state index contributed by atoms with van der Waals surface area (Å²) in [4.78, 5) is 0. The van der Waals surface area contributed by atoms with Crippen LogP contribution in [0.4, 0.5) is 0 Å². The van der Waals surface area contributed by atoms with Crippen molar-refractivity contribution in [3.8, 4) is 0 Å². The van der Waals surface area contributed by atoms with Gasteiger partial charge in [0.05, 0.1) is 0 Å². The summed E-state index contributed by atoms with van der Waals surface area (Å²) < 4.78 is 0. The first-order valence-electron chi connectivity index (χ1n) is 0. The molecule has 0 spiro atoms. The molecule has 0 aliphatic rings. The van der Waals surface area contributed by atoms with Crippen molar-refractivity contribution in [2.45, 2.75) is 0 Å². The molecule has 9 atom stereocenters. The van der Waals surface area contributed by atoms with Crippen molar-refractivity contribution in [3.05, 3.63) is 0 Å². The van der Waals surface area contributed by atoms with Crippen molar-refractivity contribution >= 4 is 89.1 Å². The second-order valence-corrected chi connectivity index (χ2v) is 0. The van der Waals surface area contributed by atoms with E-state index in [1.54, 1.807) is 0 Å². The van der Waals surface area contributed by atoms with Gasteiger partial charge in [-0.15, -0.1) is 0 Å². The first-order valence-corrected chi connectivity index (χ1v) is 0. The molecule has 3 N–H and O–H groups in total. The summed E-state index contributed by atoms with van der Waals surface area (Å²) in [7, 11) is 0. The zero-order valence-corrected chi connectivity index (χ0v) is 19.8. The molecule has 0 aromatic heterocycles. The Morgan fingerprint density at radius 1 is 0.200 bits per heavy atom. The predicted molar refractivity (Wildman–Crippen MR) is 105 cm³/mol. The van der Waals surface area contributed by atoms with Crippen LogP contribution in [0.3, 0.4) is 0 Å². The van der Waals surface area contributed by atoms with E-state index < -0.39 is 0 Å². The Bertz CT molecular complexity index is 4.69. The van der Waals surface area contributed by atoms with Gasteiger partial charge in [-0.25, -0.2) is 0 Å². The number of hydrogen-bond donors (Lipinski definition) is 1. The highest BCUT2D eigenvalue weighted by molar-refractivity contribution is 6.93. The van der Waals surface area contributed by atoms with Gasteiger partial charge in [-0.05, 0) is 0 Å². The van der Waals surface area contributed by atoms with Gasteiger partial charge in [0, 0.05) is 0 Å². The molecule has 0 saturated heterocycles. The van der Waals surface area contributed by atoms with Crippen molar-refractivity contribution in [1.29, 1.82) is 0 Å². The fourth-order valence-corrected chi connectivity index (χ4v) is 0. The maximum Gasteiger partial charge on any atom is -0.153 e. The van der Waals surface area contributed by atoms with Crippen LogP contribution in [0.15, 0.2) is 0 Å². The molecule has 0 heterocycles. The molecule has 1 nitrogen and oxygen atoms in total. The van der Waals surface area contributed by atoms with Gasteiger partial charge < -0.3 is 6.15 Å². The maximum atomic E-state index is 0. The first-order chi connectivity index (χ1) is 0. The first kappa shape index (κ1) is 155. The van der Waals surface area contributed by atoms with Crippen LogP contribution in [0.25, 0.3) is 0 Å². The Morgan fingerprint density at radius 2 is 0.200 bits per heavy atom. The molecule has 0 rings (SSSR count). The second kappa shape index (κ2) is 122. The normalized spacial score (nSPS) is 0. The minimum absolute atomic E-state index is 0. The highest BCUT2D eigenvalue weighted by Crippen LogP contribution is 0.869. The van der Waals surface area contributed by atoms with Crippen molar-refractivity contribution < 1.29 is 0 Å². The largest absolute Gasteiger partial charge is 0.344 e. The molecule has 0 saturated carbocycles. The van der Waals surface area contributed by atoms with E-state index in [4.69, 9.17) is 0 Å². The second-order valence-electron chi connectivity index (χ2n) is 0. The van der Waals surface area contributed by atoms with Crippen LogP contribution in [0.5, 0.6) is 0 Å². The molecule has 10 heteroatoms. The summed E-state index contributed by atoms with van der Waals surface area (Å²) in [5.74, 6) is 0. The lowest BCUT2D eigenvalue weighted by Gasteiger charge is -0.344. The third-order valence-electron chi connectivity index (χ3n) is 0. The average Bonchev–Trinajstić information content (AvgIpc) is 0. The van der Waals surface area contributed by atoms with Gasteiger partial charge in [0.2, 0.25) is 0 Å². The number of hydrogen-bond acceptors (Lipinski definition) is 1. The Hall–Kier alpha value is 3.83. The van der Waals surface area contributed by atoms with Crippen molar-refractivity contribution in [2.75, 3.05) is 0 Å². The van der Waals surface area contributed by atoms with Gasteiger partial charge in [0.1, 0.15) is 0 Å². The fraction of sp³-hybridized carbons (Fsp3) is 0. The Morgan fingerprint density at radius 3 is 0.200 bits per heavy atom. The molecule has 0 aliphatic heterocycles. The predicted octanol–water partition coefficient (Wildman–Crippen LogP) is 0.685. The van der Waals surface area contributed by atoms with E-state index in [0.29, 0.717) is 0 Å². The summed E-state index contributed by atoms with van der Waals surface area (Å²) in [6.45, 7) is 0. The van der Waals surface area contributed by atoms with Crippen LogP contribution in [0.2, 0.25) is 0 Å². The lowest BCUT2D eigenvalue weighted by molar-refractivity contribution is 2.13. The van der Waals surface area contributed by atoms with Crippen LogP contribution in [-0.4, -0.2) is 0 Å². The van der Waals surface area contributed by atoms with E-state index in [1.807, 2.05) is 0 Å². The molecule has 80 valence electrons. The molecule has 9 unspecified atom stereocenters. The summed E-state index contributed by atoms with van der Waals surface area (Å²) in [5, 5.41) is 0. The topological polar surface area (TPSA) is 35.0 Å². The Balaban J connectivity index is 0. The maximum absolute atomic E-state index is 0. The molecule has 0 aromatic carbocycles. The quantitative estimate of drug-likeness (QED) is 0.654. The minimum atomic E-state index is 0. The molecule has 10 heavy (non-hydrogen) atoms. The lowest BCUT2D eigenvalue weighted by Crippen LogP contribution is -0.481. The fourth-order valence-electron chi connectivity index (χ4n) is 0. The van der Waals surface area contributed by atoms with Gasteiger partial charge >= 0.3 is 0 Å². The standard InChI is InChI=1S/H3N.9H3P/h10*1H3. The molecule has 0 aliphatic carbocycles. The van der Waals surface area contributed by atoms with Gasteiger partial charge in [-0.1, -0.05) is 0 Å². The third kappa shape index (κ3) is 94.6. The molecule has 0 amide bonds. The van der Waals surface area contributed by atoms with E-state index in [-0.39, 0.29) is 95.2 Å². The lowest BCUT2D eigenvalue weighted by atomic mass is 14.0. The molecular formula is H30NP9. The van der Waals surface area contributed by atoms with Gasteiger partial charge in [0.25, 0.3) is 0 Å². The van der Waals surface area contributed by atoms with E-state index in [1.165, 1.54) is 0 Å². The zero-order valence-electron chi connectivity index (χ0n) is 7.07. The summed E-state index contributed by atoms with van der Waals surface area (Å²) in [6, 6.07) is 0.